The molecule has 0 saturated heterocycles. The number of rotatable bonds is 9. The smallest absolute Gasteiger partial charge is 0.191 e. The number of phenolic OH excluding ortho intramolecular Hbond substituents is 1. The molecule has 7 heteroatoms. The molecule has 1 aliphatic rings. The Morgan fingerprint density at radius 1 is 1.26 bits per heavy atom. The molecule has 0 heterocycles. The van der Waals surface area contributed by atoms with Crippen molar-refractivity contribution in [3.63, 3.8) is 0 Å². The van der Waals surface area contributed by atoms with Gasteiger partial charge >= 0.3 is 0 Å². The number of phenols is 1. The number of hydrogen-bond donors (Lipinski definition) is 3. The molecule has 0 unspecified atom stereocenters. The molecule has 0 amide bonds. The normalized spacial score (nSPS) is 16.0. The van der Waals surface area contributed by atoms with E-state index in [0.29, 0.717) is 6.54 Å². The van der Waals surface area contributed by atoms with Crippen molar-refractivity contribution >= 4 is 29.9 Å². The van der Waals surface area contributed by atoms with Gasteiger partial charge in [0, 0.05) is 26.3 Å². The SMILES string of the molecule is CCNC(=NCc1ccc(O)c(F)c1)NCC1(CCOCC)CCCC1.I. The summed E-state index contributed by atoms with van der Waals surface area (Å²) in [7, 11) is 0. The molecule has 154 valence electrons. The summed E-state index contributed by atoms with van der Waals surface area (Å²) in [5.74, 6) is -0.208. The Morgan fingerprint density at radius 2 is 2.00 bits per heavy atom. The van der Waals surface area contributed by atoms with E-state index < -0.39 is 5.82 Å². The van der Waals surface area contributed by atoms with Gasteiger partial charge in [0.1, 0.15) is 0 Å². The predicted molar refractivity (Wildman–Crippen MR) is 118 cm³/mol. The second kappa shape index (κ2) is 12.4. The van der Waals surface area contributed by atoms with E-state index in [9.17, 15) is 9.50 Å². The zero-order chi connectivity index (χ0) is 18.8. The maximum absolute atomic E-state index is 13.5. The highest BCUT2D eigenvalue weighted by Gasteiger charge is 2.33. The molecular weight excluding hydrogens is 460 g/mol. The number of aliphatic imine (C=N–C) groups is 1. The number of halogens is 2. The first-order chi connectivity index (χ1) is 12.6. The van der Waals surface area contributed by atoms with Crippen LogP contribution in [0.3, 0.4) is 0 Å². The Morgan fingerprint density at radius 3 is 2.63 bits per heavy atom. The van der Waals surface area contributed by atoms with Crippen LogP contribution in [0.25, 0.3) is 0 Å². The van der Waals surface area contributed by atoms with Crippen LogP contribution in [0.15, 0.2) is 23.2 Å². The Hall–Kier alpha value is -1.09. The number of ether oxygens (including phenoxy) is 1. The van der Waals surface area contributed by atoms with Gasteiger partial charge in [-0.3, -0.25) is 0 Å². The first kappa shape index (κ1) is 23.9. The third-order valence-electron chi connectivity index (χ3n) is 5.05. The van der Waals surface area contributed by atoms with Crippen molar-refractivity contribution in [3.05, 3.63) is 29.6 Å². The van der Waals surface area contributed by atoms with Gasteiger partial charge in [-0.1, -0.05) is 18.9 Å². The molecule has 3 N–H and O–H groups in total. The van der Waals surface area contributed by atoms with Gasteiger partial charge in [-0.2, -0.15) is 0 Å². The quantitative estimate of drug-likeness (QED) is 0.209. The number of guanidine groups is 1. The lowest BCUT2D eigenvalue weighted by molar-refractivity contribution is 0.105. The minimum atomic E-state index is -0.614. The monoisotopic (exact) mass is 493 g/mol. The minimum absolute atomic E-state index is 0. The van der Waals surface area contributed by atoms with Crippen molar-refractivity contribution in [1.29, 1.82) is 0 Å². The van der Waals surface area contributed by atoms with Crippen LogP contribution >= 0.6 is 24.0 Å². The molecule has 0 bridgehead atoms. The van der Waals surface area contributed by atoms with Crippen LogP contribution in [0.4, 0.5) is 4.39 Å². The fourth-order valence-corrected chi connectivity index (χ4v) is 3.51. The molecule has 0 atom stereocenters. The molecule has 1 aliphatic carbocycles. The number of hydrogen-bond acceptors (Lipinski definition) is 3. The van der Waals surface area contributed by atoms with E-state index in [1.165, 1.54) is 37.8 Å². The number of benzene rings is 1. The molecule has 0 spiro atoms. The predicted octanol–water partition coefficient (Wildman–Crippen LogP) is 4.19. The lowest BCUT2D eigenvalue weighted by Crippen LogP contribution is -2.43. The molecule has 1 aromatic carbocycles. The Kier molecular flexibility index (Phi) is 11.0. The molecule has 0 aliphatic heterocycles. The Balaban J connectivity index is 0.00000364. The van der Waals surface area contributed by atoms with Crippen LogP contribution in [0, 0.1) is 11.2 Å². The van der Waals surface area contributed by atoms with Crippen molar-refractivity contribution in [2.24, 2.45) is 10.4 Å². The van der Waals surface area contributed by atoms with E-state index in [4.69, 9.17) is 4.74 Å². The van der Waals surface area contributed by atoms with Crippen LogP contribution in [0.1, 0.15) is 51.5 Å². The summed E-state index contributed by atoms with van der Waals surface area (Å²) in [5.41, 5.74) is 1.00. The highest BCUT2D eigenvalue weighted by Crippen LogP contribution is 2.40. The topological polar surface area (TPSA) is 65.9 Å². The summed E-state index contributed by atoms with van der Waals surface area (Å²) >= 11 is 0. The summed E-state index contributed by atoms with van der Waals surface area (Å²) in [6.07, 6.45) is 6.05. The lowest BCUT2D eigenvalue weighted by atomic mass is 9.83. The van der Waals surface area contributed by atoms with Gasteiger partial charge in [-0.05, 0) is 56.2 Å². The molecule has 1 saturated carbocycles. The van der Waals surface area contributed by atoms with Gasteiger partial charge < -0.3 is 20.5 Å². The van der Waals surface area contributed by atoms with Gasteiger partial charge in [-0.15, -0.1) is 24.0 Å². The van der Waals surface area contributed by atoms with Gasteiger partial charge in [0.15, 0.2) is 17.5 Å². The average Bonchev–Trinajstić information content (AvgIpc) is 3.10. The fraction of sp³-hybridized carbons (Fsp3) is 0.650. The first-order valence-electron chi connectivity index (χ1n) is 9.66. The summed E-state index contributed by atoms with van der Waals surface area (Å²) in [5, 5.41) is 16.0. The molecule has 0 radical (unpaired) electrons. The number of nitrogens with one attached hydrogen (secondary N) is 2. The fourth-order valence-electron chi connectivity index (χ4n) is 3.51. The highest BCUT2D eigenvalue weighted by molar-refractivity contribution is 14.0. The van der Waals surface area contributed by atoms with Crippen molar-refractivity contribution in [3.8, 4) is 5.75 Å². The first-order valence-corrected chi connectivity index (χ1v) is 9.66. The van der Waals surface area contributed by atoms with E-state index in [0.717, 1.165) is 44.2 Å². The van der Waals surface area contributed by atoms with Gasteiger partial charge in [0.25, 0.3) is 0 Å². The zero-order valence-corrected chi connectivity index (χ0v) is 18.7. The lowest BCUT2D eigenvalue weighted by Gasteiger charge is -2.30. The minimum Gasteiger partial charge on any atom is -0.505 e. The maximum Gasteiger partial charge on any atom is 0.191 e. The van der Waals surface area contributed by atoms with Crippen LogP contribution in [-0.2, 0) is 11.3 Å². The second-order valence-electron chi connectivity index (χ2n) is 6.99. The number of aromatic hydroxyl groups is 1. The van der Waals surface area contributed by atoms with Gasteiger partial charge in [0.05, 0.1) is 6.54 Å². The zero-order valence-electron chi connectivity index (χ0n) is 16.4. The summed E-state index contributed by atoms with van der Waals surface area (Å²) in [6.45, 7) is 7.62. The van der Waals surface area contributed by atoms with Crippen LogP contribution in [0.2, 0.25) is 0 Å². The van der Waals surface area contributed by atoms with E-state index in [1.54, 1.807) is 6.07 Å². The van der Waals surface area contributed by atoms with Crippen LogP contribution in [-0.4, -0.2) is 37.4 Å². The molecule has 0 aromatic heterocycles. The van der Waals surface area contributed by atoms with E-state index in [1.807, 2.05) is 13.8 Å². The van der Waals surface area contributed by atoms with E-state index in [2.05, 4.69) is 15.6 Å². The molecule has 27 heavy (non-hydrogen) atoms. The van der Waals surface area contributed by atoms with Crippen molar-refractivity contribution in [2.75, 3.05) is 26.3 Å². The van der Waals surface area contributed by atoms with E-state index in [-0.39, 0.29) is 35.1 Å². The third-order valence-corrected chi connectivity index (χ3v) is 5.05. The Labute approximate surface area is 179 Å². The molecule has 2 rings (SSSR count). The standard InChI is InChI=1S/C20H32FN3O2.HI/c1-3-22-19(23-14-16-7-8-18(25)17(21)13-16)24-15-20(9-5-6-10-20)11-12-26-4-2;/h7-8,13,25H,3-6,9-12,14-15H2,1-2H3,(H2,22,23,24);1H. The Bertz CT molecular complexity index is 593. The molecule has 1 fully saturated rings. The van der Waals surface area contributed by atoms with Crippen molar-refractivity contribution in [2.45, 2.75) is 52.5 Å². The largest absolute Gasteiger partial charge is 0.505 e. The highest BCUT2D eigenvalue weighted by atomic mass is 127. The third kappa shape index (κ3) is 7.81. The second-order valence-corrected chi connectivity index (χ2v) is 6.99. The van der Waals surface area contributed by atoms with Crippen LogP contribution in [0.5, 0.6) is 5.75 Å². The molecular formula is C20H33FIN3O2. The maximum atomic E-state index is 13.5. The summed E-state index contributed by atoms with van der Waals surface area (Å²) in [4.78, 5) is 4.56. The summed E-state index contributed by atoms with van der Waals surface area (Å²) < 4.78 is 19.0. The van der Waals surface area contributed by atoms with E-state index >= 15 is 0 Å². The van der Waals surface area contributed by atoms with Gasteiger partial charge in [-0.25, -0.2) is 9.38 Å². The van der Waals surface area contributed by atoms with Crippen molar-refractivity contribution < 1.29 is 14.2 Å². The number of nitrogens with zero attached hydrogens (tertiary/aromatic N) is 1. The van der Waals surface area contributed by atoms with Crippen molar-refractivity contribution in [1.82, 2.24) is 10.6 Å². The summed E-state index contributed by atoms with van der Waals surface area (Å²) in [6, 6.07) is 4.37. The van der Waals surface area contributed by atoms with Gasteiger partial charge in [0.2, 0.25) is 0 Å². The average molecular weight is 493 g/mol. The molecule has 5 nitrogen and oxygen atoms in total. The molecule has 1 aromatic rings. The van der Waals surface area contributed by atoms with Crippen LogP contribution < -0.4 is 10.6 Å².